The molecule has 1 aromatic carbocycles. The van der Waals surface area contributed by atoms with E-state index in [2.05, 4.69) is 4.98 Å². The first kappa shape index (κ1) is 19.1. The van der Waals surface area contributed by atoms with Gasteiger partial charge in [0.2, 0.25) is 11.8 Å². The molecule has 27 heavy (non-hydrogen) atoms. The van der Waals surface area contributed by atoms with Gasteiger partial charge in [-0.1, -0.05) is 12.1 Å². The van der Waals surface area contributed by atoms with Crippen LogP contribution in [0.25, 0.3) is 6.08 Å². The second kappa shape index (κ2) is 8.81. The molecule has 3 rings (SSSR count). The van der Waals surface area contributed by atoms with Crippen LogP contribution in [0.4, 0.5) is 0 Å². The molecule has 1 fully saturated rings. The summed E-state index contributed by atoms with van der Waals surface area (Å²) in [5.41, 5.74) is 7.13. The molecule has 1 aromatic heterocycles. The monoisotopic (exact) mass is 385 g/mol. The van der Waals surface area contributed by atoms with Crippen molar-refractivity contribution in [3.05, 3.63) is 52.0 Å². The summed E-state index contributed by atoms with van der Waals surface area (Å²) in [4.78, 5) is 29.7. The Morgan fingerprint density at radius 2 is 2.15 bits per heavy atom. The molecule has 7 heteroatoms. The number of primary amides is 1. The van der Waals surface area contributed by atoms with Crippen LogP contribution in [0.5, 0.6) is 5.75 Å². The quantitative estimate of drug-likeness (QED) is 0.775. The number of benzene rings is 1. The van der Waals surface area contributed by atoms with Crippen molar-refractivity contribution in [3.63, 3.8) is 0 Å². The van der Waals surface area contributed by atoms with Crippen LogP contribution < -0.4 is 10.5 Å². The third kappa shape index (κ3) is 5.40. The molecule has 2 amide bonds. The Bertz CT molecular complexity index is 839. The van der Waals surface area contributed by atoms with Crippen LogP contribution in [0, 0.1) is 12.8 Å². The van der Waals surface area contributed by atoms with Crippen molar-refractivity contribution >= 4 is 29.2 Å². The van der Waals surface area contributed by atoms with Crippen LogP contribution in [-0.2, 0) is 16.2 Å². The van der Waals surface area contributed by atoms with E-state index in [0.717, 1.165) is 22.0 Å². The fourth-order valence-corrected chi connectivity index (χ4v) is 3.59. The van der Waals surface area contributed by atoms with E-state index < -0.39 is 0 Å². The third-order valence-corrected chi connectivity index (χ3v) is 5.36. The molecule has 142 valence electrons. The topological polar surface area (TPSA) is 85.5 Å². The SMILES string of the molecule is Cc1nc(COc2cccc(/C=C/C(=O)N3CCC(C(N)=O)CC3)c2)cs1. The van der Waals surface area contributed by atoms with Crippen LogP contribution in [0.1, 0.15) is 29.1 Å². The molecule has 0 radical (unpaired) electrons. The summed E-state index contributed by atoms with van der Waals surface area (Å²) in [6.07, 6.45) is 4.61. The van der Waals surface area contributed by atoms with Gasteiger partial charge in [0.15, 0.2) is 0 Å². The smallest absolute Gasteiger partial charge is 0.246 e. The van der Waals surface area contributed by atoms with Gasteiger partial charge in [0.25, 0.3) is 0 Å². The summed E-state index contributed by atoms with van der Waals surface area (Å²) < 4.78 is 5.77. The number of likely N-dealkylation sites (tertiary alicyclic amines) is 1. The molecule has 2 aromatic rings. The number of carbonyl (C=O) groups is 2. The molecule has 2 N–H and O–H groups in total. The second-order valence-corrected chi connectivity index (χ2v) is 7.62. The summed E-state index contributed by atoms with van der Waals surface area (Å²) >= 11 is 1.60. The minimum absolute atomic E-state index is 0.0535. The second-order valence-electron chi connectivity index (χ2n) is 6.55. The maximum atomic E-state index is 12.3. The number of ether oxygens (including phenoxy) is 1. The predicted molar refractivity (Wildman–Crippen MR) is 105 cm³/mol. The fraction of sp³-hybridized carbons (Fsp3) is 0.350. The van der Waals surface area contributed by atoms with Gasteiger partial charge in [-0.25, -0.2) is 4.98 Å². The van der Waals surface area contributed by atoms with E-state index in [-0.39, 0.29) is 17.7 Å². The highest BCUT2D eigenvalue weighted by atomic mass is 32.1. The minimum atomic E-state index is -0.276. The summed E-state index contributed by atoms with van der Waals surface area (Å²) in [6.45, 7) is 3.51. The molecule has 0 saturated carbocycles. The van der Waals surface area contributed by atoms with Crippen molar-refractivity contribution in [3.8, 4) is 5.75 Å². The standard InChI is InChI=1S/C20H23N3O3S/c1-14-22-17(13-27-14)12-26-18-4-2-3-15(11-18)5-6-19(24)23-9-7-16(8-10-23)20(21)25/h2-6,11,13,16H,7-10,12H2,1H3,(H2,21,25)/b6-5+. The first-order valence-corrected chi connectivity index (χ1v) is 9.79. The number of amides is 2. The number of aryl methyl sites for hydroxylation is 1. The molecule has 2 heterocycles. The number of hydrogen-bond donors (Lipinski definition) is 1. The van der Waals surface area contributed by atoms with Gasteiger partial charge in [0.1, 0.15) is 12.4 Å². The average Bonchev–Trinajstić information content (AvgIpc) is 3.10. The van der Waals surface area contributed by atoms with E-state index >= 15 is 0 Å². The van der Waals surface area contributed by atoms with Gasteiger partial charge in [-0.15, -0.1) is 11.3 Å². The van der Waals surface area contributed by atoms with E-state index in [0.29, 0.717) is 32.5 Å². The Morgan fingerprint density at radius 3 is 2.81 bits per heavy atom. The predicted octanol–water partition coefficient (Wildman–Crippen LogP) is 2.77. The average molecular weight is 385 g/mol. The van der Waals surface area contributed by atoms with E-state index in [1.54, 1.807) is 28.4 Å². The number of thiazole rings is 1. The lowest BCUT2D eigenvalue weighted by Crippen LogP contribution is -2.41. The van der Waals surface area contributed by atoms with Gasteiger partial charge >= 0.3 is 0 Å². The molecular weight excluding hydrogens is 362 g/mol. The fourth-order valence-electron chi connectivity index (χ4n) is 3.00. The molecule has 1 aliphatic heterocycles. The maximum absolute atomic E-state index is 12.3. The summed E-state index contributed by atoms with van der Waals surface area (Å²) in [5.74, 6) is 0.287. The number of nitrogens with zero attached hydrogens (tertiary/aromatic N) is 2. The van der Waals surface area contributed by atoms with Crippen molar-refractivity contribution < 1.29 is 14.3 Å². The first-order valence-electron chi connectivity index (χ1n) is 8.91. The maximum Gasteiger partial charge on any atom is 0.246 e. The minimum Gasteiger partial charge on any atom is -0.487 e. The zero-order chi connectivity index (χ0) is 19.2. The Morgan fingerprint density at radius 1 is 1.37 bits per heavy atom. The molecule has 0 bridgehead atoms. The van der Waals surface area contributed by atoms with Crippen molar-refractivity contribution in [2.45, 2.75) is 26.4 Å². The van der Waals surface area contributed by atoms with Crippen LogP contribution in [0.15, 0.2) is 35.7 Å². The van der Waals surface area contributed by atoms with E-state index in [4.69, 9.17) is 10.5 Å². The third-order valence-electron chi connectivity index (χ3n) is 4.54. The van der Waals surface area contributed by atoms with Crippen LogP contribution in [-0.4, -0.2) is 34.8 Å². The molecule has 0 spiro atoms. The molecule has 0 atom stereocenters. The number of rotatable bonds is 6. The van der Waals surface area contributed by atoms with Crippen LogP contribution in [0.3, 0.4) is 0 Å². The van der Waals surface area contributed by atoms with Gasteiger partial charge in [0, 0.05) is 30.5 Å². The lowest BCUT2D eigenvalue weighted by Gasteiger charge is -2.29. The van der Waals surface area contributed by atoms with Gasteiger partial charge in [-0.2, -0.15) is 0 Å². The van der Waals surface area contributed by atoms with Gasteiger partial charge in [-0.05, 0) is 43.5 Å². The largest absolute Gasteiger partial charge is 0.487 e. The summed E-state index contributed by atoms with van der Waals surface area (Å²) in [5, 5.41) is 3.00. The number of nitrogens with two attached hydrogens (primary N) is 1. The Kier molecular flexibility index (Phi) is 6.24. The molecule has 1 aliphatic rings. The molecule has 1 saturated heterocycles. The van der Waals surface area contributed by atoms with E-state index in [1.807, 2.05) is 36.6 Å². The van der Waals surface area contributed by atoms with E-state index in [9.17, 15) is 9.59 Å². The Labute approximate surface area is 162 Å². The van der Waals surface area contributed by atoms with Crippen LogP contribution in [0.2, 0.25) is 0 Å². The molecular formula is C20H23N3O3S. The zero-order valence-electron chi connectivity index (χ0n) is 15.3. The highest BCUT2D eigenvalue weighted by Crippen LogP contribution is 2.19. The lowest BCUT2D eigenvalue weighted by atomic mass is 9.96. The first-order chi connectivity index (χ1) is 13.0. The Balaban J connectivity index is 1.54. The molecule has 6 nitrogen and oxygen atoms in total. The van der Waals surface area contributed by atoms with E-state index in [1.165, 1.54) is 0 Å². The van der Waals surface area contributed by atoms with Crippen molar-refractivity contribution in [1.29, 1.82) is 0 Å². The molecule has 0 unspecified atom stereocenters. The Hall–Kier alpha value is -2.67. The highest BCUT2D eigenvalue weighted by Gasteiger charge is 2.24. The number of carbonyl (C=O) groups excluding carboxylic acids is 2. The van der Waals surface area contributed by atoms with Gasteiger partial charge in [-0.3, -0.25) is 9.59 Å². The highest BCUT2D eigenvalue weighted by molar-refractivity contribution is 7.09. The van der Waals surface area contributed by atoms with Crippen molar-refractivity contribution in [2.24, 2.45) is 11.7 Å². The zero-order valence-corrected chi connectivity index (χ0v) is 16.1. The molecule has 0 aliphatic carbocycles. The lowest BCUT2D eigenvalue weighted by molar-refractivity contribution is -0.130. The summed E-state index contributed by atoms with van der Waals surface area (Å²) in [7, 11) is 0. The van der Waals surface area contributed by atoms with Crippen LogP contribution >= 0.6 is 11.3 Å². The summed E-state index contributed by atoms with van der Waals surface area (Å²) in [6, 6.07) is 7.59. The van der Waals surface area contributed by atoms with Crippen molar-refractivity contribution in [2.75, 3.05) is 13.1 Å². The number of aromatic nitrogens is 1. The van der Waals surface area contributed by atoms with Gasteiger partial charge < -0.3 is 15.4 Å². The number of hydrogen-bond acceptors (Lipinski definition) is 5. The van der Waals surface area contributed by atoms with Crippen molar-refractivity contribution in [1.82, 2.24) is 9.88 Å². The van der Waals surface area contributed by atoms with Gasteiger partial charge in [0.05, 0.1) is 10.7 Å². The normalized spacial score (nSPS) is 15.2. The number of piperidine rings is 1.